The largest absolute Gasteiger partial charge is 0.872 e. The summed E-state index contributed by atoms with van der Waals surface area (Å²) in [6.45, 7) is 4.28. The lowest BCUT2D eigenvalue weighted by Crippen LogP contribution is -2.09. The fourth-order valence-electron chi connectivity index (χ4n) is 2.31. The van der Waals surface area contributed by atoms with Gasteiger partial charge in [0, 0.05) is 5.92 Å². The summed E-state index contributed by atoms with van der Waals surface area (Å²) < 4.78 is 0. The van der Waals surface area contributed by atoms with E-state index in [0.29, 0.717) is 5.92 Å². The van der Waals surface area contributed by atoms with Crippen molar-refractivity contribution in [2.24, 2.45) is 5.92 Å². The molecule has 0 aliphatic heterocycles. The molecule has 0 heterocycles. The molecule has 0 bridgehead atoms. The minimum Gasteiger partial charge on any atom is -0.872 e. The second kappa shape index (κ2) is 5.13. The van der Waals surface area contributed by atoms with Crippen LogP contribution in [0.15, 0.2) is 48.5 Å². The predicted octanol–water partition coefficient (Wildman–Crippen LogP) is 2.62. The summed E-state index contributed by atoms with van der Waals surface area (Å²) in [5.41, 5.74) is 2.23. The first-order valence-electron chi connectivity index (χ1n) is 6.12. The van der Waals surface area contributed by atoms with Gasteiger partial charge in [0.1, 0.15) is 0 Å². The van der Waals surface area contributed by atoms with Gasteiger partial charge in [-0.3, -0.25) is 0 Å². The van der Waals surface area contributed by atoms with Gasteiger partial charge < -0.3 is 10.2 Å². The molecule has 2 aromatic rings. The van der Waals surface area contributed by atoms with Crippen LogP contribution < -0.4 is 10.2 Å². The Morgan fingerprint density at radius 3 is 1.28 bits per heavy atom. The zero-order valence-corrected chi connectivity index (χ0v) is 10.6. The molecule has 2 rings (SSSR count). The Morgan fingerprint density at radius 2 is 1.00 bits per heavy atom. The molecule has 0 unspecified atom stereocenters. The average molecular weight is 240 g/mol. The van der Waals surface area contributed by atoms with E-state index in [2.05, 4.69) is 13.8 Å². The second-order valence-corrected chi connectivity index (χ2v) is 4.86. The Labute approximate surface area is 108 Å². The van der Waals surface area contributed by atoms with E-state index in [4.69, 9.17) is 0 Å². The van der Waals surface area contributed by atoms with Gasteiger partial charge in [-0.25, -0.2) is 0 Å². The zero-order chi connectivity index (χ0) is 13.1. The molecule has 0 aliphatic rings. The lowest BCUT2D eigenvalue weighted by Gasteiger charge is -2.23. The fraction of sp³-hybridized carbons (Fsp3) is 0.250. The highest BCUT2D eigenvalue weighted by Gasteiger charge is 2.17. The van der Waals surface area contributed by atoms with Gasteiger partial charge in [0.05, 0.1) is 0 Å². The highest BCUT2D eigenvalue weighted by atomic mass is 16.3. The van der Waals surface area contributed by atoms with E-state index in [9.17, 15) is 10.2 Å². The van der Waals surface area contributed by atoms with Crippen LogP contribution in [0.2, 0.25) is 0 Å². The smallest absolute Gasteiger partial charge is 0.0112 e. The summed E-state index contributed by atoms with van der Waals surface area (Å²) in [6, 6.07) is 13.9. The summed E-state index contributed by atoms with van der Waals surface area (Å²) in [6.07, 6.45) is 0. The Kier molecular flexibility index (Phi) is 3.56. The number of hydrogen-bond donors (Lipinski definition) is 0. The molecule has 0 saturated carbocycles. The lowest BCUT2D eigenvalue weighted by atomic mass is 9.82. The van der Waals surface area contributed by atoms with E-state index in [1.165, 1.54) is 0 Å². The van der Waals surface area contributed by atoms with Gasteiger partial charge in [-0.2, -0.15) is 0 Å². The molecule has 94 valence electrons. The molecule has 0 N–H and O–H groups in total. The molecule has 0 fully saturated rings. The van der Waals surface area contributed by atoms with Gasteiger partial charge in [0.15, 0.2) is 0 Å². The van der Waals surface area contributed by atoms with Crippen LogP contribution in [0.4, 0.5) is 0 Å². The van der Waals surface area contributed by atoms with Crippen LogP contribution in [0.5, 0.6) is 11.5 Å². The molecule has 0 atom stereocenters. The normalized spacial score (nSPS) is 11.1. The van der Waals surface area contributed by atoms with Crippen molar-refractivity contribution < 1.29 is 10.2 Å². The highest BCUT2D eigenvalue weighted by molar-refractivity contribution is 5.37. The van der Waals surface area contributed by atoms with Gasteiger partial charge in [0.2, 0.25) is 0 Å². The molecule has 0 aromatic heterocycles. The molecule has 0 radical (unpaired) electrons. The summed E-state index contributed by atoms with van der Waals surface area (Å²) in [5.74, 6) is 0.665. The quantitative estimate of drug-likeness (QED) is 0.827. The summed E-state index contributed by atoms with van der Waals surface area (Å²) in [5, 5.41) is 22.3. The minimum absolute atomic E-state index is 0.0242. The molecule has 2 heteroatoms. The first kappa shape index (κ1) is 12.5. The summed E-state index contributed by atoms with van der Waals surface area (Å²) in [7, 11) is 0. The van der Waals surface area contributed by atoms with E-state index in [1.54, 1.807) is 24.3 Å². The Morgan fingerprint density at radius 1 is 0.667 bits per heavy atom. The summed E-state index contributed by atoms with van der Waals surface area (Å²) in [4.78, 5) is 0. The number of benzene rings is 2. The van der Waals surface area contributed by atoms with Gasteiger partial charge in [-0.15, -0.1) is 11.5 Å². The van der Waals surface area contributed by atoms with E-state index in [-0.39, 0.29) is 17.4 Å². The zero-order valence-electron chi connectivity index (χ0n) is 10.6. The van der Waals surface area contributed by atoms with Crippen LogP contribution in [-0.2, 0) is 0 Å². The van der Waals surface area contributed by atoms with E-state index >= 15 is 0 Å². The fourth-order valence-corrected chi connectivity index (χ4v) is 2.31. The Bertz CT molecular complexity index is 452. The molecule has 18 heavy (non-hydrogen) atoms. The maximum Gasteiger partial charge on any atom is 0.0112 e. The van der Waals surface area contributed by atoms with Crippen molar-refractivity contribution in [3.05, 3.63) is 59.7 Å². The van der Waals surface area contributed by atoms with Gasteiger partial charge in [-0.1, -0.05) is 62.4 Å². The third kappa shape index (κ3) is 2.65. The van der Waals surface area contributed by atoms with Crippen molar-refractivity contribution in [2.45, 2.75) is 19.8 Å². The third-order valence-electron chi connectivity index (χ3n) is 3.15. The SMILES string of the molecule is CC(C)C(c1ccc([O-])cc1)c1ccc([O-])cc1. The van der Waals surface area contributed by atoms with Crippen LogP contribution in [0.3, 0.4) is 0 Å². The maximum atomic E-state index is 11.2. The predicted molar refractivity (Wildman–Crippen MR) is 68.5 cm³/mol. The van der Waals surface area contributed by atoms with Crippen molar-refractivity contribution in [2.75, 3.05) is 0 Å². The molecule has 0 amide bonds. The maximum absolute atomic E-state index is 11.2. The molecule has 2 nitrogen and oxygen atoms in total. The molecule has 0 aliphatic carbocycles. The van der Waals surface area contributed by atoms with Gasteiger partial charge in [0.25, 0.3) is 0 Å². The van der Waals surface area contributed by atoms with Crippen LogP contribution in [0.25, 0.3) is 0 Å². The van der Waals surface area contributed by atoms with Crippen LogP contribution in [-0.4, -0.2) is 0 Å². The first-order chi connectivity index (χ1) is 8.58. The van der Waals surface area contributed by atoms with Crippen molar-refractivity contribution >= 4 is 0 Å². The Balaban J connectivity index is 2.39. The number of hydrogen-bond acceptors (Lipinski definition) is 2. The molecule has 0 spiro atoms. The van der Waals surface area contributed by atoms with Gasteiger partial charge in [-0.05, 0) is 17.0 Å². The van der Waals surface area contributed by atoms with E-state index < -0.39 is 0 Å². The van der Waals surface area contributed by atoms with Crippen molar-refractivity contribution in [3.63, 3.8) is 0 Å². The van der Waals surface area contributed by atoms with Crippen LogP contribution >= 0.6 is 0 Å². The van der Waals surface area contributed by atoms with Gasteiger partial charge >= 0.3 is 0 Å². The van der Waals surface area contributed by atoms with Crippen molar-refractivity contribution in [1.82, 2.24) is 0 Å². The second-order valence-electron chi connectivity index (χ2n) is 4.86. The highest BCUT2D eigenvalue weighted by Crippen LogP contribution is 2.32. The van der Waals surface area contributed by atoms with E-state index in [0.717, 1.165) is 11.1 Å². The van der Waals surface area contributed by atoms with Crippen LogP contribution in [0.1, 0.15) is 30.9 Å². The monoisotopic (exact) mass is 240 g/mol. The minimum atomic E-state index is 0.0242. The van der Waals surface area contributed by atoms with Crippen LogP contribution in [0, 0.1) is 5.92 Å². The molecular formula is C16H16O2-2. The Hall–Kier alpha value is -1.96. The topological polar surface area (TPSA) is 46.1 Å². The number of rotatable bonds is 3. The molecule has 2 aromatic carbocycles. The lowest BCUT2D eigenvalue weighted by molar-refractivity contribution is -0.268. The summed E-state index contributed by atoms with van der Waals surface area (Å²) >= 11 is 0. The first-order valence-corrected chi connectivity index (χ1v) is 6.12. The van der Waals surface area contributed by atoms with E-state index in [1.807, 2.05) is 24.3 Å². The van der Waals surface area contributed by atoms with Crippen molar-refractivity contribution in [3.8, 4) is 11.5 Å². The molecular weight excluding hydrogens is 224 g/mol. The standard InChI is InChI=1S/C16H18O2/c1-11(2)16(12-3-7-14(17)8-4-12)13-5-9-15(18)10-6-13/h3-11,16-18H,1-2H3/p-2. The molecule has 0 saturated heterocycles. The average Bonchev–Trinajstić information content (AvgIpc) is 2.34. The van der Waals surface area contributed by atoms with Crippen molar-refractivity contribution in [1.29, 1.82) is 0 Å². The third-order valence-corrected chi connectivity index (χ3v) is 3.15.